The van der Waals surface area contributed by atoms with Gasteiger partial charge in [0.25, 0.3) is 0 Å². The van der Waals surface area contributed by atoms with E-state index in [0.717, 1.165) is 24.4 Å². The van der Waals surface area contributed by atoms with Gasteiger partial charge in [0.2, 0.25) is 0 Å². The number of likely N-dealkylation sites (tertiary alicyclic amines) is 1. The van der Waals surface area contributed by atoms with Crippen LogP contribution in [0.15, 0.2) is 24.3 Å². The Balaban J connectivity index is 1.92. The van der Waals surface area contributed by atoms with Gasteiger partial charge in [-0.25, -0.2) is 0 Å². The minimum absolute atomic E-state index is 0.448. The van der Waals surface area contributed by atoms with Crippen molar-refractivity contribution in [3.63, 3.8) is 0 Å². The zero-order valence-electron chi connectivity index (χ0n) is 12.0. The Morgan fingerprint density at radius 3 is 2.89 bits per heavy atom. The first-order valence-electron chi connectivity index (χ1n) is 6.81. The fourth-order valence-corrected chi connectivity index (χ4v) is 2.60. The summed E-state index contributed by atoms with van der Waals surface area (Å²) in [6.07, 6.45) is 0.730. The van der Waals surface area contributed by atoms with E-state index in [2.05, 4.69) is 23.9 Å². The van der Waals surface area contributed by atoms with Crippen molar-refractivity contribution < 1.29 is 9.84 Å². The van der Waals surface area contributed by atoms with Gasteiger partial charge in [0.15, 0.2) is 0 Å². The Morgan fingerprint density at radius 1 is 1.47 bits per heavy atom. The predicted molar refractivity (Wildman–Crippen MR) is 76.5 cm³/mol. The smallest absolute Gasteiger partial charge is 0.119 e. The van der Waals surface area contributed by atoms with Crippen molar-refractivity contribution in [2.75, 3.05) is 40.8 Å². The number of ether oxygens (including phenoxy) is 1. The summed E-state index contributed by atoms with van der Waals surface area (Å²) in [4.78, 5) is 4.59. The monoisotopic (exact) mass is 264 g/mol. The van der Waals surface area contributed by atoms with E-state index in [-0.39, 0.29) is 0 Å². The van der Waals surface area contributed by atoms with Crippen LogP contribution >= 0.6 is 0 Å². The van der Waals surface area contributed by atoms with Crippen LogP contribution in [0, 0.1) is 0 Å². The lowest BCUT2D eigenvalue weighted by Gasteiger charge is -2.22. The molecule has 4 heteroatoms. The molecule has 0 spiro atoms. The summed E-state index contributed by atoms with van der Waals surface area (Å²) in [7, 11) is 5.88. The molecule has 1 aliphatic rings. The van der Waals surface area contributed by atoms with Crippen molar-refractivity contribution in [3.8, 4) is 5.75 Å². The summed E-state index contributed by atoms with van der Waals surface area (Å²) in [5, 5.41) is 10.3. The van der Waals surface area contributed by atoms with Crippen LogP contribution in [0.4, 0.5) is 0 Å². The summed E-state index contributed by atoms with van der Waals surface area (Å²) < 4.78 is 5.19. The van der Waals surface area contributed by atoms with Crippen molar-refractivity contribution in [1.82, 2.24) is 9.80 Å². The van der Waals surface area contributed by atoms with Gasteiger partial charge in [-0.15, -0.1) is 0 Å². The number of aliphatic hydroxyl groups excluding tert-OH is 1. The minimum Gasteiger partial charge on any atom is -0.497 e. The van der Waals surface area contributed by atoms with Crippen molar-refractivity contribution in [1.29, 1.82) is 0 Å². The van der Waals surface area contributed by atoms with E-state index in [4.69, 9.17) is 4.74 Å². The summed E-state index contributed by atoms with van der Waals surface area (Å²) in [6.45, 7) is 2.79. The Hall–Kier alpha value is -1.10. The van der Waals surface area contributed by atoms with E-state index in [9.17, 15) is 5.11 Å². The van der Waals surface area contributed by atoms with Gasteiger partial charge in [-0.05, 0) is 44.8 Å². The van der Waals surface area contributed by atoms with Crippen molar-refractivity contribution in [3.05, 3.63) is 29.8 Å². The van der Waals surface area contributed by atoms with E-state index in [1.807, 2.05) is 24.3 Å². The third-order valence-electron chi connectivity index (χ3n) is 3.89. The van der Waals surface area contributed by atoms with Gasteiger partial charge in [0, 0.05) is 19.1 Å². The molecule has 19 heavy (non-hydrogen) atoms. The van der Waals surface area contributed by atoms with Crippen LogP contribution in [0.3, 0.4) is 0 Å². The first kappa shape index (κ1) is 14.3. The molecule has 106 valence electrons. The van der Waals surface area contributed by atoms with Gasteiger partial charge in [-0.2, -0.15) is 0 Å². The second kappa shape index (κ2) is 6.37. The van der Waals surface area contributed by atoms with Gasteiger partial charge in [-0.3, -0.25) is 4.90 Å². The normalized spacial score (nSPS) is 21.8. The first-order valence-corrected chi connectivity index (χ1v) is 6.81. The number of hydrogen-bond donors (Lipinski definition) is 1. The van der Waals surface area contributed by atoms with E-state index in [1.54, 1.807) is 7.11 Å². The zero-order chi connectivity index (χ0) is 13.8. The molecule has 0 bridgehead atoms. The predicted octanol–water partition coefficient (Wildman–Crippen LogP) is 1.36. The van der Waals surface area contributed by atoms with Gasteiger partial charge in [-0.1, -0.05) is 12.1 Å². The van der Waals surface area contributed by atoms with Gasteiger partial charge in [0.05, 0.1) is 13.2 Å². The highest BCUT2D eigenvalue weighted by Crippen LogP contribution is 2.22. The molecule has 0 amide bonds. The van der Waals surface area contributed by atoms with Gasteiger partial charge >= 0.3 is 0 Å². The number of likely N-dealkylation sites (N-methyl/N-ethyl adjacent to an activating group) is 1. The molecule has 2 rings (SSSR count). The lowest BCUT2D eigenvalue weighted by Crippen LogP contribution is -2.33. The largest absolute Gasteiger partial charge is 0.497 e. The number of benzene rings is 1. The molecule has 2 unspecified atom stereocenters. The van der Waals surface area contributed by atoms with Crippen molar-refractivity contribution >= 4 is 0 Å². The van der Waals surface area contributed by atoms with E-state index in [0.29, 0.717) is 12.6 Å². The Kier molecular flexibility index (Phi) is 4.80. The molecule has 1 aliphatic heterocycles. The molecule has 4 nitrogen and oxygen atoms in total. The second-order valence-electron chi connectivity index (χ2n) is 5.46. The standard InChI is InChI=1S/C15H24N2O2/c1-16(2)13-7-8-17(10-13)11-15(18)12-5-4-6-14(9-12)19-3/h4-6,9,13,15,18H,7-8,10-11H2,1-3H3. The maximum Gasteiger partial charge on any atom is 0.119 e. The average Bonchev–Trinajstić information content (AvgIpc) is 2.87. The first-order chi connectivity index (χ1) is 9.10. The molecular formula is C15H24N2O2. The minimum atomic E-state index is -0.448. The maximum atomic E-state index is 10.3. The molecular weight excluding hydrogens is 240 g/mol. The summed E-state index contributed by atoms with van der Waals surface area (Å²) in [5.74, 6) is 0.795. The molecule has 1 heterocycles. The van der Waals surface area contributed by atoms with E-state index in [1.165, 1.54) is 6.42 Å². The fourth-order valence-electron chi connectivity index (χ4n) is 2.60. The van der Waals surface area contributed by atoms with Crippen LogP contribution in [0.1, 0.15) is 18.1 Å². The third-order valence-corrected chi connectivity index (χ3v) is 3.89. The van der Waals surface area contributed by atoms with Gasteiger partial charge < -0.3 is 14.7 Å². The average molecular weight is 264 g/mol. The van der Waals surface area contributed by atoms with E-state index < -0.39 is 6.10 Å². The lowest BCUT2D eigenvalue weighted by atomic mass is 10.1. The summed E-state index contributed by atoms with van der Waals surface area (Å²) >= 11 is 0. The Labute approximate surface area is 115 Å². The summed E-state index contributed by atoms with van der Waals surface area (Å²) in [6, 6.07) is 8.28. The van der Waals surface area contributed by atoms with Crippen LogP contribution in [-0.4, -0.2) is 61.8 Å². The second-order valence-corrected chi connectivity index (χ2v) is 5.46. The van der Waals surface area contributed by atoms with Crippen LogP contribution in [-0.2, 0) is 0 Å². The molecule has 1 aromatic rings. The zero-order valence-corrected chi connectivity index (χ0v) is 12.0. The molecule has 1 saturated heterocycles. The van der Waals surface area contributed by atoms with Crippen molar-refractivity contribution in [2.24, 2.45) is 0 Å². The fraction of sp³-hybridized carbons (Fsp3) is 0.600. The molecule has 0 aliphatic carbocycles. The van der Waals surface area contributed by atoms with Gasteiger partial charge in [0.1, 0.15) is 5.75 Å². The highest BCUT2D eigenvalue weighted by atomic mass is 16.5. The number of aliphatic hydroxyl groups is 1. The van der Waals surface area contributed by atoms with E-state index >= 15 is 0 Å². The topological polar surface area (TPSA) is 35.9 Å². The quantitative estimate of drug-likeness (QED) is 0.871. The Bertz CT molecular complexity index is 409. The Morgan fingerprint density at radius 2 is 2.26 bits per heavy atom. The van der Waals surface area contributed by atoms with Crippen LogP contribution < -0.4 is 4.74 Å². The SMILES string of the molecule is COc1cccc(C(O)CN2CCC(N(C)C)C2)c1. The number of β-amino-alcohol motifs (C(OH)–C–C–N with tert-alkyl or cyclic N) is 1. The molecule has 2 atom stereocenters. The van der Waals surface area contributed by atoms with Crippen LogP contribution in [0.2, 0.25) is 0 Å². The molecule has 0 aromatic heterocycles. The number of hydrogen-bond acceptors (Lipinski definition) is 4. The maximum absolute atomic E-state index is 10.3. The van der Waals surface area contributed by atoms with Crippen LogP contribution in [0.25, 0.3) is 0 Å². The third kappa shape index (κ3) is 3.69. The van der Waals surface area contributed by atoms with Crippen molar-refractivity contribution in [2.45, 2.75) is 18.6 Å². The lowest BCUT2D eigenvalue weighted by molar-refractivity contribution is 0.122. The molecule has 0 radical (unpaired) electrons. The van der Waals surface area contributed by atoms with Crippen LogP contribution in [0.5, 0.6) is 5.75 Å². The molecule has 1 N–H and O–H groups in total. The summed E-state index contributed by atoms with van der Waals surface area (Å²) in [5.41, 5.74) is 0.924. The number of rotatable bonds is 5. The number of methoxy groups -OCH3 is 1. The molecule has 1 fully saturated rings. The highest BCUT2D eigenvalue weighted by Gasteiger charge is 2.25. The number of nitrogens with zero attached hydrogens (tertiary/aromatic N) is 2. The highest BCUT2D eigenvalue weighted by molar-refractivity contribution is 5.29. The molecule has 0 saturated carbocycles. The molecule has 1 aromatic carbocycles.